The van der Waals surface area contributed by atoms with Gasteiger partial charge in [-0.2, -0.15) is 0 Å². The third kappa shape index (κ3) is 4.01. The van der Waals surface area contributed by atoms with Crippen molar-refractivity contribution >= 4 is 23.1 Å². The van der Waals surface area contributed by atoms with Gasteiger partial charge in [0.15, 0.2) is 11.6 Å². The fraction of sp³-hybridized carbons (Fsp3) is 0.120. The molecule has 0 aliphatic carbocycles. The van der Waals surface area contributed by atoms with Crippen molar-refractivity contribution < 1.29 is 22.8 Å². The fourth-order valence-electron chi connectivity index (χ4n) is 3.49. The van der Waals surface area contributed by atoms with Gasteiger partial charge in [0.1, 0.15) is 11.5 Å². The van der Waals surface area contributed by atoms with E-state index in [0.29, 0.717) is 11.1 Å². The number of benzene rings is 3. The van der Waals surface area contributed by atoms with E-state index in [0.717, 1.165) is 28.2 Å². The molecule has 0 atom stereocenters. The Bertz CT molecular complexity index is 1270. The maximum absolute atomic E-state index is 13.7. The minimum atomic E-state index is -1.08. The highest BCUT2D eigenvalue weighted by Gasteiger charge is 2.39. The van der Waals surface area contributed by atoms with Gasteiger partial charge in [0.2, 0.25) is 0 Å². The SMILES string of the molecule is Cc1ccc(C2=C(Nc3ccc(F)c(F)c3)C(=O)N(Cc3ccc(F)cc3)C2=O)cc1C. The average molecular weight is 436 g/mol. The molecule has 0 spiro atoms. The number of halogens is 3. The van der Waals surface area contributed by atoms with Crippen LogP contribution in [0.15, 0.2) is 66.4 Å². The van der Waals surface area contributed by atoms with Crippen molar-refractivity contribution in [2.75, 3.05) is 5.32 Å². The first-order valence-electron chi connectivity index (χ1n) is 9.89. The van der Waals surface area contributed by atoms with Crippen LogP contribution in [0.3, 0.4) is 0 Å². The van der Waals surface area contributed by atoms with Crippen molar-refractivity contribution in [1.82, 2.24) is 4.90 Å². The monoisotopic (exact) mass is 436 g/mol. The zero-order valence-electron chi connectivity index (χ0n) is 17.4. The van der Waals surface area contributed by atoms with Gasteiger partial charge in [-0.15, -0.1) is 0 Å². The Hall–Kier alpha value is -3.87. The van der Waals surface area contributed by atoms with E-state index in [1.165, 1.54) is 30.3 Å². The number of imide groups is 1. The van der Waals surface area contributed by atoms with Gasteiger partial charge in [0.25, 0.3) is 11.8 Å². The summed E-state index contributed by atoms with van der Waals surface area (Å²) in [5, 5.41) is 2.80. The molecule has 1 aliphatic heterocycles. The maximum Gasteiger partial charge on any atom is 0.278 e. The molecule has 1 heterocycles. The molecule has 3 aromatic carbocycles. The fourth-order valence-corrected chi connectivity index (χ4v) is 3.49. The number of nitrogens with zero attached hydrogens (tertiary/aromatic N) is 1. The van der Waals surface area contributed by atoms with Crippen LogP contribution in [0.2, 0.25) is 0 Å². The molecule has 0 radical (unpaired) electrons. The summed E-state index contributed by atoms with van der Waals surface area (Å²) < 4.78 is 40.3. The second kappa shape index (κ2) is 8.34. The van der Waals surface area contributed by atoms with E-state index < -0.39 is 29.3 Å². The van der Waals surface area contributed by atoms with Gasteiger partial charge in [-0.25, -0.2) is 13.2 Å². The maximum atomic E-state index is 13.7. The van der Waals surface area contributed by atoms with Crippen LogP contribution in [0, 0.1) is 31.3 Å². The number of anilines is 1. The van der Waals surface area contributed by atoms with Crippen molar-refractivity contribution in [2.24, 2.45) is 0 Å². The summed E-state index contributed by atoms with van der Waals surface area (Å²) in [6.07, 6.45) is 0. The summed E-state index contributed by atoms with van der Waals surface area (Å²) in [5.41, 5.74) is 3.27. The zero-order chi connectivity index (χ0) is 23.0. The van der Waals surface area contributed by atoms with E-state index in [4.69, 9.17) is 0 Å². The minimum absolute atomic E-state index is 0.0358. The Kier molecular flexibility index (Phi) is 5.57. The molecular formula is C25H19F3N2O2. The van der Waals surface area contributed by atoms with Crippen LogP contribution in [0.1, 0.15) is 22.3 Å². The molecule has 4 nitrogen and oxygen atoms in total. The molecule has 0 saturated heterocycles. The first kappa shape index (κ1) is 21.4. The predicted molar refractivity (Wildman–Crippen MR) is 115 cm³/mol. The highest BCUT2D eigenvalue weighted by atomic mass is 19.2. The lowest BCUT2D eigenvalue weighted by Gasteiger charge is -2.15. The third-order valence-corrected chi connectivity index (χ3v) is 5.41. The van der Waals surface area contributed by atoms with Crippen LogP contribution in [0.4, 0.5) is 18.9 Å². The van der Waals surface area contributed by atoms with Crippen molar-refractivity contribution in [1.29, 1.82) is 0 Å². The molecule has 0 saturated carbocycles. The van der Waals surface area contributed by atoms with Crippen LogP contribution >= 0.6 is 0 Å². The molecule has 4 rings (SSSR count). The van der Waals surface area contributed by atoms with Crippen LogP contribution < -0.4 is 5.32 Å². The Morgan fingerprint density at radius 1 is 0.781 bits per heavy atom. The van der Waals surface area contributed by atoms with Crippen molar-refractivity contribution in [3.63, 3.8) is 0 Å². The Balaban J connectivity index is 1.76. The second-order valence-electron chi connectivity index (χ2n) is 7.63. The molecule has 3 aromatic rings. The number of rotatable bonds is 5. The molecule has 32 heavy (non-hydrogen) atoms. The van der Waals surface area contributed by atoms with E-state index in [-0.39, 0.29) is 23.5 Å². The highest BCUT2D eigenvalue weighted by Crippen LogP contribution is 2.32. The number of aryl methyl sites for hydroxylation is 2. The van der Waals surface area contributed by atoms with Gasteiger partial charge in [-0.05, 0) is 60.4 Å². The third-order valence-electron chi connectivity index (χ3n) is 5.41. The topological polar surface area (TPSA) is 49.4 Å². The summed E-state index contributed by atoms with van der Waals surface area (Å²) in [6.45, 7) is 3.75. The van der Waals surface area contributed by atoms with Crippen LogP contribution in [0.25, 0.3) is 5.57 Å². The van der Waals surface area contributed by atoms with E-state index >= 15 is 0 Å². The Morgan fingerprint density at radius 2 is 1.50 bits per heavy atom. The van der Waals surface area contributed by atoms with Crippen molar-refractivity contribution in [3.05, 3.63) is 106 Å². The lowest BCUT2D eigenvalue weighted by Crippen LogP contribution is -2.32. The van der Waals surface area contributed by atoms with E-state index in [1.807, 2.05) is 19.9 Å². The summed E-state index contributed by atoms with van der Waals surface area (Å²) in [7, 11) is 0. The average Bonchev–Trinajstić information content (AvgIpc) is 2.98. The molecule has 2 amide bonds. The second-order valence-corrected chi connectivity index (χ2v) is 7.63. The number of hydrogen-bond acceptors (Lipinski definition) is 3. The first-order chi connectivity index (χ1) is 15.2. The molecule has 0 aromatic heterocycles. The van der Waals surface area contributed by atoms with E-state index in [9.17, 15) is 22.8 Å². The van der Waals surface area contributed by atoms with Crippen molar-refractivity contribution in [3.8, 4) is 0 Å². The number of nitrogens with one attached hydrogen (secondary N) is 1. The predicted octanol–water partition coefficient (Wildman–Crippen LogP) is 5.11. The van der Waals surface area contributed by atoms with E-state index in [2.05, 4.69) is 5.32 Å². The molecular weight excluding hydrogens is 417 g/mol. The number of carbonyl (C=O) groups excluding carboxylic acids is 2. The van der Waals surface area contributed by atoms with Gasteiger partial charge in [0.05, 0.1) is 12.1 Å². The molecule has 0 fully saturated rings. The lowest BCUT2D eigenvalue weighted by atomic mass is 9.99. The quantitative estimate of drug-likeness (QED) is 0.566. The summed E-state index contributed by atoms with van der Waals surface area (Å²) in [4.78, 5) is 27.6. The van der Waals surface area contributed by atoms with Crippen molar-refractivity contribution in [2.45, 2.75) is 20.4 Å². The molecule has 162 valence electrons. The van der Waals surface area contributed by atoms with Gasteiger partial charge >= 0.3 is 0 Å². The molecule has 0 bridgehead atoms. The van der Waals surface area contributed by atoms with Crippen LogP contribution in [0.5, 0.6) is 0 Å². The van der Waals surface area contributed by atoms with Gasteiger partial charge in [0, 0.05) is 11.8 Å². The van der Waals surface area contributed by atoms with Gasteiger partial charge in [-0.1, -0.05) is 30.3 Å². The Labute approximate surface area is 183 Å². The van der Waals surface area contributed by atoms with Gasteiger partial charge in [-0.3, -0.25) is 14.5 Å². The molecule has 0 unspecified atom stereocenters. The molecule has 1 N–H and O–H groups in total. The minimum Gasteiger partial charge on any atom is -0.350 e. The summed E-state index contributed by atoms with van der Waals surface area (Å²) in [5.74, 6) is -3.68. The normalized spacial score (nSPS) is 13.8. The van der Waals surface area contributed by atoms with Crippen LogP contribution in [-0.4, -0.2) is 16.7 Å². The molecule has 1 aliphatic rings. The summed E-state index contributed by atoms with van der Waals surface area (Å²) >= 11 is 0. The largest absolute Gasteiger partial charge is 0.350 e. The van der Waals surface area contributed by atoms with Gasteiger partial charge < -0.3 is 5.32 Å². The molecule has 7 heteroatoms. The number of amides is 2. The first-order valence-corrected chi connectivity index (χ1v) is 9.89. The number of hydrogen-bond donors (Lipinski definition) is 1. The van der Waals surface area contributed by atoms with E-state index in [1.54, 1.807) is 12.1 Å². The van der Waals surface area contributed by atoms with Crippen LogP contribution in [-0.2, 0) is 16.1 Å². The summed E-state index contributed by atoms with van der Waals surface area (Å²) in [6, 6.07) is 14.0. The standard InChI is InChI=1S/C25H19F3N2O2/c1-14-3-6-17(11-15(14)2)22-23(29-19-9-10-20(27)21(28)12-19)25(32)30(24(22)31)13-16-4-7-18(26)8-5-16/h3-12,29H,13H2,1-2H3. The highest BCUT2D eigenvalue weighted by molar-refractivity contribution is 6.36. The Morgan fingerprint density at radius 3 is 2.16 bits per heavy atom. The smallest absolute Gasteiger partial charge is 0.278 e. The zero-order valence-corrected chi connectivity index (χ0v) is 17.4. The lowest BCUT2D eigenvalue weighted by molar-refractivity contribution is -0.137. The number of carbonyl (C=O) groups is 2.